The molecule has 0 saturated carbocycles. The quantitative estimate of drug-likeness (QED) is 0.553. The molecule has 0 amide bonds. The number of aromatic nitrogens is 3. The van der Waals surface area contributed by atoms with Gasteiger partial charge in [-0.1, -0.05) is 32.1 Å². The van der Waals surface area contributed by atoms with Crippen LogP contribution in [0.4, 0.5) is 5.82 Å². The highest BCUT2D eigenvalue weighted by atomic mass is 16.5. The van der Waals surface area contributed by atoms with Crippen molar-refractivity contribution in [1.29, 1.82) is 5.26 Å². The zero-order valence-electron chi connectivity index (χ0n) is 19.9. The molecule has 7 heteroatoms. The Morgan fingerprint density at radius 2 is 2.06 bits per heavy atom. The molecule has 2 fully saturated rings. The normalized spacial score (nSPS) is 19.6. The minimum Gasteiger partial charge on any atom is -0.376 e. The van der Waals surface area contributed by atoms with Crippen molar-refractivity contribution in [2.75, 3.05) is 24.6 Å². The topological polar surface area (TPSA) is 76.1 Å². The highest BCUT2D eigenvalue weighted by Crippen LogP contribution is 2.32. The maximum absolute atomic E-state index is 13.7. The van der Waals surface area contributed by atoms with Crippen molar-refractivity contribution >= 4 is 16.9 Å². The van der Waals surface area contributed by atoms with E-state index in [1.165, 1.54) is 6.42 Å². The average molecular weight is 450 g/mol. The third-order valence-electron chi connectivity index (χ3n) is 6.57. The van der Waals surface area contributed by atoms with Crippen molar-refractivity contribution in [3.05, 3.63) is 46.0 Å². The smallest absolute Gasteiger partial charge is 0.278 e. The monoisotopic (exact) mass is 449 g/mol. The second-order valence-electron chi connectivity index (χ2n) is 8.98. The first-order valence-corrected chi connectivity index (χ1v) is 12.4. The van der Waals surface area contributed by atoms with Gasteiger partial charge in [0.2, 0.25) is 0 Å². The number of fused-ring (bicyclic) bond motifs is 1. The van der Waals surface area contributed by atoms with Crippen molar-refractivity contribution in [3.8, 4) is 6.07 Å². The van der Waals surface area contributed by atoms with Crippen LogP contribution in [0.25, 0.3) is 11.0 Å². The van der Waals surface area contributed by atoms with E-state index in [0.717, 1.165) is 69.6 Å². The summed E-state index contributed by atoms with van der Waals surface area (Å²) in [4.78, 5) is 20.7. The predicted octanol–water partition coefficient (Wildman–Crippen LogP) is 4.54. The Hall–Kier alpha value is -2.85. The molecule has 0 bridgehead atoms. The molecule has 2 aliphatic rings. The van der Waals surface area contributed by atoms with Gasteiger partial charge >= 0.3 is 0 Å². The van der Waals surface area contributed by atoms with Crippen LogP contribution >= 0.6 is 0 Å². The van der Waals surface area contributed by atoms with Gasteiger partial charge in [-0.15, -0.1) is 0 Å². The number of nitriles is 1. The summed E-state index contributed by atoms with van der Waals surface area (Å²) < 4.78 is 9.49. The fourth-order valence-electron chi connectivity index (χ4n) is 4.98. The van der Waals surface area contributed by atoms with Crippen LogP contribution in [0.15, 0.2) is 34.9 Å². The van der Waals surface area contributed by atoms with Crippen LogP contribution in [0.1, 0.15) is 64.4 Å². The number of rotatable bonds is 8. The maximum atomic E-state index is 13.7. The first kappa shape index (κ1) is 23.3. The van der Waals surface area contributed by atoms with E-state index in [-0.39, 0.29) is 11.7 Å². The molecule has 0 aromatic carbocycles. The van der Waals surface area contributed by atoms with Crippen LogP contribution < -0.4 is 10.5 Å². The summed E-state index contributed by atoms with van der Waals surface area (Å²) in [6, 6.07) is 2.39. The Morgan fingerprint density at radius 1 is 1.24 bits per heavy atom. The van der Waals surface area contributed by atoms with Crippen LogP contribution in [0.2, 0.25) is 0 Å². The van der Waals surface area contributed by atoms with E-state index in [1.807, 2.05) is 0 Å². The fourth-order valence-corrected chi connectivity index (χ4v) is 4.98. The first-order chi connectivity index (χ1) is 16.2. The molecule has 0 N–H and O–H groups in total. The number of nitrogens with zero attached hydrogens (tertiary/aromatic N) is 5. The molecule has 2 saturated heterocycles. The zero-order chi connectivity index (χ0) is 23.2. The summed E-state index contributed by atoms with van der Waals surface area (Å²) in [5.41, 5.74) is 2.61. The molecule has 1 atom stereocenters. The number of hydrogen-bond donors (Lipinski definition) is 0. The van der Waals surface area contributed by atoms with Gasteiger partial charge in [-0.2, -0.15) is 5.26 Å². The molecule has 2 aromatic rings. The lowest BCUT2D eigenvalue weighted by molar-refractivity contribution is 0.0960. The SMILES string of the molecule is CC/C=C\C(=C/CC)Cn1c(N2CCCCC2)c(C#N)c2ncn(CC3CCCO3)c(=O)c21. The highest BCUT2D eigenvalue weighted by Gasteiger charge is 2.27. The van der Waals surface area contributed by atoms with Gasteiger partial charge in [0.15, 0.2) is 0 Å². The van der Waals surface area contributed by atoms with Crippen LogP contribution in [0.3, 0.4) is 0 Å². The summed E-state index contributed by atoms with van der Waals surface area (Å²) in [5.74, 6) is 0.846. The number of hydrogen-bond acceptors (Lipinski definition) is 5. The van der Waals surface area contributed by atoms with Crippen LogP contribution in [-0.2, 0) is 17.8 Å². The number of allylic oxidation sites excluding steroid dienone is 4. The number of ether oxygens (including phenoxy) is 1. The number of anilines is 1. The largest absolute Gasteiger partial charge is 0.376 e. The van der Waals surface area contributed by atoms with Gasteiger partial charge in [0.05, 0.1) is 19.0 Å². The summed E-state index contributed by atoms with van der Waals surface area (Å²) in [7, 11) is 0. The Balaban J connectivity index is 1.89. The van der Waals surface area contributed by atoms with Crippen LogP contribution in [0.5, 0.6) is 0 Å². The standard InChI is InChI=1S/C26H35N5O2/c1-3-5-11-20(10-4-2)17-31-24-23(22(16-27)25(31)29-13-7-6-8-14-29)28-19-30(26(24)32)18-21-12-9-15-33-21/h5,10-11,19,21H,3-4,6-9,12-15,17-18H2,1-2H3/b11-5-,20-10+. The lowest BCUT2D eigenvalue weighted by Gasteiger charge is -2.30. The second kappa shape index (κ2) is 10.8. The molecule has 2 aliphatic heterocycles. The Kier molecular flexibility index (Phi) is 7.66. The molecular formula is C26H35N5O2. The Bertz CT molecular complexity index is 1120. The maximum Gasteiger partial charge on any atom is 0.278 e. The summed E-state index contributed by atoms with van der Waals surface area (Å²) in [5, 5.41) is 10.1. The predicted molar refractivity (Wildman–Crippen MR) is 132 cm³/mol. The van der Waals surface area contributed by atoms with E-state index >= 15 is 0 Å². The fraction of sp³-hybridized carbons (Fsp3) is 0.577. The van der Waals surface area contributed by atoms with E-state index in [2.05, 4.69) is 52.6 Å². The zero-order valence-corrected chi connectivity index (χ0v) is 19.9. The molecule has 0 aliphatic carbocycles. The summed E-state index contributed by atoms with van der Waals surface area (Å²) >= 11 is 0. The van der Waals surface area contributed by atoms with Crippen LogP contribution in [-0.4, -0.2) is 39.9 Å². The summed E-state index contributed by atoms with van der Waals surface area (Å²) in [6.45, 7) is 7.83. The molecule has 7 nitrogen and oxygen atoms in total. The first-order valence-electron chi connectivity index (χ1n) is 12.4. The Labute approximate surface area is 196 Å². The van der Waals surface area contributed by atoms with E-state index in [9.17, 15) is 10.1 Å². The van der Waals surface area contributed by atoms with Gasteiger partial charge in [0.1, 0.15) is 28.5 Å². The summed E-state index contributed by atoms with van der Waals surface area (Å²) in [6.07, 6.45) is 15.4. The van der Waals surface area contributed by atoms with E-state index in [4.69, 9.17) is 4.74 Å². The van der Waals surface area contributed by atoms with E-state index in [0.29, 0.717) is 29.7 Å². The average Bonchev–Trinajstić information content (AvgIpc) is 3.46. The molecule has 1 unspecified atom stereocenters. The van der Waals surface area contributed by atoms with Crippen molar-refractivity contribution in [2.45, 2.75) is 78.0 Å². The van der Waals surface area contributed by atoms with Gasteiger partial charge in [-0.05, 0) is 50.5 Å². The molecule has 2 aromatic heterocycles. The second-order valence-corrected chi connectivity index (χ2v) is 8.98. The molecule has 33 heavy (non-hydrogen) atoms. The minimum absolute atomic E-state index is 0.0467. The molecule has 0 spiro atoms. The van der Waals surface area contributed by atoms with Crippen molar-refractivity contribution in [2.24, 2.45) is 0 Å². The lowest BCUT2D eigenvalue weighted by Crippen LogP contribution is -2.32. The Morgan fingerprint density at radius 3 is 2.73 bits per heavy atom. The third-order valence-corrected chi connectivity index (χ3v) is 6.57. The third kappa shape index (κ3) is 4.91. The van der Waals surface area contributed by atoms with E-state index in [1.54, 1.807) is 10.9 Å². The minimum atomic E-state index is -0.0921. The van der Waals surface area contributed by atoms with Gasteiger partial charge in [0.25, 0.3) is 5.56 Å². The van der Waals surface area contributed by atoms with Gasteiger partial charge in [0, 0.05) is 26.2 Å². The molecule has 4 heterocycles. The molecular weight excluding hydrogens is 414 g/mol. The molecule has 4 rings (SSSR count). The molecule has 0 radical (unpaired) electrons. The van der Waals surface area contributed by atoms with E-state index < -0.39 is 0 Å². The van der Waals surface area contributed by atoms with Crippen molar-refractivity contribution in [3.63, 3.8) is 0 Å². The lowest BCUT2D eigenvalue weighted by atomic mass is 10.1. The van der Waals surface area contributed by atoms with Gasteiger partial charge in [-0.3, -0.25) is 9.36 Å². The van der Waals surface area contributed by atoms with Crippen LogP contribution in [0, 0.1) is 11.3 Å². The van der Waals surface area contributed by atoms with Gasteiger partial charge < -0.3 is 14.2 Å². The number of piperidine rings is 1. The highest BCUT2D eigenvalue weighted by molar-refractivity contribution is 5.89. The molecule has 176 valence electrons. The van der Waals surface area contributed by atoms with Crippen molar-refractivity contribution in [1.82, 2.24) is 14.1 Å². The van der Waals surface area contributed by atoms with Crippen molar-refractivity contribution < 1.29 is 4.74 Å². The van der Waals surface area contributed by atoms with Gasteiger partial charge in [-0.25, -0.2) is 4.98 Å².